The van der Waals surface area contributed by atoms with Crippen molar-refractivity contribution in [3.63, 3.8) is 0 Å². The number of ether oxygens (including phenoxy) is 2. The first-order valence-electron chi connectivity index (χ1n) is 5.77. The van der Waals surface area contributed by atoms with E-state index in [-0.39, 0.29) is 11.4 Å². The van der Waals surface area contributed by atoms with Gasteiger partial charge in [-0.25, -0.2) is 9.59 Å². The standard InChI is InChI=1S/C12H14N2O6/c1-12(2)19-10(17)7(11(18)20-12)5-6-8(15)13(3)14(4)9(6)16/h5,15H,1-4H3. The van der Waals surface area contributed by atoms with Gasteiger partial charge in [0, 0.05) is 27.9 Å². The van der Waals surface area contributed by atoms with Crippen molar-refractivity contribution in [2.45, 2.75) is 19.6 Å². The van der Waals surface area contributed by atoms with Gasteiger partial charge in [0.15, 0.2) is 0 Å². The largest absolute Gasteiger partial charge is 0.493 e. The maximum Gasteiger partial charge on any atom is 0.348 e. The van der Waals surface area contributed by atoms with E-state index in [1.807, 2.05) is 0 Å². The van der Waals surface area contributed by atoms with Gasteiger partial charge in [-0.05, 0) is 6.08 Å². The van der Waals surface area contributed by atoms with Crippen molar-refractivity contribution in [2.75, 3.05) is 0 Å². The summed E-state index contributed by atoms with van der Waals surface area (Å²) in [4.78, 5) is 35.4. The highest BCUT2D eigenvalue weighted by Gasteiger charge is 2.39. The Morgan fingerprint density at radius 3 is 1.95 bits per heavy atom. The van der Waals surface area contributed by atoms with Gasteiger partial charge in [-0.3, -0.25) is 14.2 Å². The minimum absolute atomic E-state index is 0.182. The minimum atomic E-state index is -1.35. The molecule has 1 aromatic rings. The van der Waals surface area contributed by atoms with Crippen LogP contribution in [-0.4, -0.2) is 32.2 Å². The Kier molecular flexibility index (Phi) is 2.96. The van der Waals surface area contributed by atoms with Crippen molar-refractivity contribution < 1.29 is 24.2 Å². The van der Waals surface area contributed by atoms with E-state index in [2.05, 4.69) is 0 Å². The van der Waals surface area contributed by atoms with Crippen LogP contribution in [0.15, 0.2) is 10.4 Å². The Morgan fingerprint density at radius 2 is 1.55 bits per heavy atom. The van der Waals surface area contributed by atoms with Crippen LogP contribution in [0.25, 0.3) is 6.08 Å². The predicted molar refractivity (Wildman–Crippen MR) is 66.6 cm³/mol. The molecule has 0 saturated carbocycles. The lowest BCUT2D eigenvalue weighted by molar-refractivity contribution is -0.222. The molecule has 1 aromatic heterocycles. The van der Waals surface area contributed by atoms with Crippen LogP contribution in [-0.2, 0) is 33.2 Å². The smallest absolute Gasteiger partial charge is 0.348 e. The summed E-state index contributed by atoms with van der Waals surface area (Å²) >= 11 is 0. The van der Waals surface area contributed by atoms with Crippen LogP contribution < -0.4 is 5.56 Å². The number of nitrogens with zero attached hydrogens (tertiary/aromatic N) is 2. The van der Waals surface area contributed by atoms with E-state index in [1.165, 1.54) is 32.6 Å². The number of hydrogen-bond acceptors (Lipinski definition) is 6. The molecule has 2 heterocycles. The number of carbonyl (C=O) groups excluding carboxylic acids is 2. The third-order valence-electron chi connectivity index (χ3n) is 2.93. The molecule has 8 heteroatoms. The molecular weight excluding hydrogens is 268 g/mol. The summed E-state index contributed by atoms with van der Waals surface area (Å²) in [6.07, 6.45) is 0.970. The number of cyclic esters (lactones) is 2. The molecule has 0 amide bonds. The molecule has 20 heavy (non-hydrogen) atoms. The molecule has 2 rings (SSSR count). The number of carbonyl (C=O) groups is 2. The van der Waals surface area contributed by atoms with Crippen molar-refractivity contribution in [2.24, 2.45) is 14.1 Å². The summed E-state index contributed by atoms with van der Waals surface area (Å²) in [5, 5.41) is 9.80. The molecule has 0 aromatic carbocycles. The summed E-state index contributed by atoms with van der Waals surface area (Å²) in [6.45, 7) is 2.83. The first-order valence-corrected chi connectivity index (χ1v) is 5.77. The summed E-state index contributed by atoms with van der Waals surface area (Å²) in [7, 11) is 2.89. The third kappa shape index (κ3) is 2.09. The van der Waals surface area contributed by atoms with E-state index < -0.39 is 28.9 Å². The fourth-order valence-electron chi connectivity index (χ4n) is 1.77. The topological polar surface area (TPSA) is 99.8 Å². The normalized spacial score (nSPS) is 17.7. The fraction of sp³-hybridized carbons (Fsp3) is 0.417. The molecule has 0 atom stereocenters. The maximum absolute atomic E-state index is 11.9. The zero-order chi connectivity index (χ0) is 15.2. The number of aromatic nitrogens is 2. The summed E-state index contributed by atoms with van der Waals surface area (Å²) in [5.74, 6) is -3.53. The Bertz CT molecular complexity index is 670. The first-order chi connectivity index (χ1) is 9.14. The zero-order valence-corrected chi connectivity index (χ0v) is 11.5. The van der Waals surface area contributed by atoms with E-state index >= 15 is 0 Å². The van der Waals surface area contributed by atoms with Crippen molar-refractivity contribution in [3.8, 4) is 5.88 Å². The lowest BCUT2D eigenvalue weighted by Crippen LogP contribution is -2.41. The molecule has 0 bridgehead atoms. The van der Waals surface area contributed by atoms with E-state index in [0.29, 0.717) is 0 Å². The lowest BCUT2D eigenvalue weighted by Gasteiger charge is -2.29. The third-order valence-corrected chi connectivity index (χ3v) is 2.93. The maximum atomic E-state index is 11.9. The van der Waals surface area contributed by atoms with Gasteiger partial charge in [0.1, 0.15) is 11.1 Å². The predicted octanol–water partition coefficient (Wildman–Crippen LogP) is -0.351. The lowest BCUT2D eigenvalue weighted by atomic mass is 10.1. The highest BCUT2D eigenvalue weighted by Crippen LogP contribution is 2.25. The van der Waals surface area contributed by atoms with E-state index in [1.54, 1.807) is 0 Å². The van der Waals surface area contributed by atoms with Crippen LogP contribution in [0, 0.1) is 0 Å². The second kappa shape index (κ2) is 4.26. The number of rotatable bonds is 1. The number of hydrogen-bond donors (Lipinski definition) is 1. The average molecular weight is 282 g/mol. The van der Waals surface area contributed by atoms with Crippen LogP contribution in [0.5, 0.6) is 5.88 Å². The molecule has 1 saturated heterocycles. The molecule has 0 aliphatic carbocycles. The van der Waals surface area contributed by atoms with E-state index in [9.17, 15) is 19.5 Å². The quantitative estimate of drug-likeness (QED) is 0.429. The monoisotopic (exact) mass is 282 g/mol. The Balaban J connectivity index is 2.52. The summed E-state index contributed by atoms with van der Waals surface area (Å²) in [5.41, 5.74) is -1.18. The van der Waals surface area contributed by atoms with Gasteiger partial charge >= 0.3 is 11.9 Å². The summed E-state index contributed by atoms with van der Waals surface area (Å²) < 4.78 is 12.1. The van der Waals surface area contributed by atoms with Gasteiger partial charge in [0.2, 0.25) is 5.88 Å². The van der Waals surface area contributed by atoms with Crippen molar-refractivity contribution in [3.05, 3.63) is 21.5 Å². The molecule has 1 aliphatic heterocycles. The van der Waals surface area contributed by atoms with Crippen LogP contribution in [0.3, 0.4) is 0 Å². The van der Waals surface area contributed by atoms with Crippen molar-refractivity contribution >= 4 is 18.0 Å². The highest BCUT2D eigenvalue weighted by molar-refractivity contribution is 6.19. The zero-order valence-electron chi connectivity index (χ0n) is 11.5. The fourth-order valence-corrected chi connectivity index (χ4v) is 1.77. The van der Waals surface area contributed by atoms with Gasteiger partial charge in [-0.2, -0.15) is 0 Å². The Hall–Kier alpha value is -2.51. The van der Waals surface area contributed by atoms with Crippen molar-refractivity contribution in [1.29, 1.82) is 0 Å². The first kappa shape index (κ1) is 13.9. The highest BCUT2D eigenvalue weighted by atomic mass is 16.7. The second-order valence-corrected chi connectivity index (χ2v) is 4.83. The molecule has 1 N–H and O–H groups in total. The van der Waals surface area contributed by atoms with Gasteiger partial charge in [-0.15, -0.1) is 0 Å². The molecule has 108 valence electrons. The molecule has 0 unspecified atom stereocenters. The van der Waals surface area contributed by atoms with Gasteiger partial charge in [-0.1, -0.05) is 0 Å². The molecular formula is C12H14N2O6. The Labute approximate surface area is 113 Å². The molecule has 0 radical (unpaired) electrons. The van der Waals surface area contributed by atoms with Gasteiger partial charge in [0.05, 0.1) is 0 Å². The van der Waals surface area contributed by atoms with Gasteiger partial charge < -0.3 is 14.6 Å². The van der Waals surface area contributed by atoms with Gasteiger partial charge in [0.25, 0.3) is 11.3 Å². The molecule has 1 aliphatic rings. The van der Waals surface area contributed by atoms with Crippen LogP contribution in [0.4, 0.5) is 0 Å². The van der Waals surface area contributed by atoms with Crippen LogP contribution in [0.1, 0.15) is 19.4 Å². The molecule has 8 nitrogen and oxygen atoms in total. The second-order valence-electron chi connectivity index (χ2n) is 4.83. The van der Waals surface area contributed by atoms with E-state index in [0.717, 1.165) is 10.8 Å². The van der Waals surface area contributed by atoms with Crippen LogP contribution >= 0.6 is 0 Å². The summed E-state index contributed by atoms with van der Waals surface area (Å²) in [6, 6.07) is 0. The molecule has 1 fully saturated rings. The Morgan fingerprint density at radius 1 is 1.05 bits per heavy atom. The minimum Gasteiger partial charge on any atom is -0.493 e. The van der Waals surface area contributed by atoms with Crippen LogP contribution in [0.2, 0.25) is 0 Å². The SMILES string of the molecule is Cn1c(O)c(C=C2C(=O)OC(C)(C)OC2=O)c(=O)n1C. The van der Waals surface area contributed by atoms with Crippen molar-refractivity contribution in [1.82, 2.24) is 9.36 Å². The molecule has 0 spiro atoms. The number of esters is 2. The van der Waals surface area contributed by atoms with E-state index in [4.69, 9.17) is 9.47 Å². The average Bonchev–Trinajstić information content (AvgIpc) is 2.49. The number of aromatic hydroxyl groups is 1.